The summed E-state index contributed by atoms with van der Waals surface area (Å²) in [5.74, 6) is 0.739. The minimum atomic E-state index is 0.739. The van der Waals surface area contributed by atoms with Crippen molar-refractivity contribution in [1.82, 2.24) is 4.90 Å². The van der Waals surface area contributed by atoms with E-state index >= 15 is 0 Å². The van der Waals surface area contributed by atoms with Crippen LogP contribution in [0.15, 0.2) is 18.2 Å². The Balaban J connectivity index is 1.88. The molecule has 1 aliphatic rings. The second-order valence-electron chi connectivity index (χ2n) is 4.62. The van der Waals surface area contributed by atoms with Crippen LogP contribution in [0.4, 0.5) is 0 Å². The predicted octanol–water partition coefficient (Wildman–Crippen LogP) is 3.59. The average Bonchev–Trinajstić information content (AvgIpc) is 2.96. The molecule has 16 heavy (non-hydrogen) atoms. The Bertz CT molecular complexity index is 362. The average molecular weight is 329 g/mol. The molecule has 0 aliphatic heterocycles. The molecule has 0 aromatic heterocycles. The smallest absolute Gasteiger partial charge is 0.0223 e. The predicted molar refractivity (Wildman–Crippen MR) is 78.6 cm³/mol. The maximum absolute atomic E-state index is 2.58. The first-order valence-electron chi connectivity index (χ1n) is 6.15. The molecule has 0 bridgehead atoms. The zero-order valence-corrected chi connectivity index (χ0v) is 12.3. The van der Waals surface area contributed by atoms with E-state index in [4.69, 9.17) is 0 Å². The molecule has 0 unspecified atom stereocenters. The summed E-state index contributed by atoms with van der Waals surface area (Å²) in [6, 6.07) is 6.90. The fourth-order valence-electron chi connectivity index (χ4n) is 2.34. The van der Waals surface area contributed by atoms with Crippen molar-refractivity contribution in [2.45, 2.75) is 26.2 Å². The highest BCUT2D eigenvalue weighted by molar-refractivity contribution is 14.1. The fourth-order valence-corrected chi connectivity index (χ4v) is 2.68. The summed E-state index contributed by atoms with van der Waals surface area (Å²) in [6.45, 7) is 8.11. The van der Waals surface area contributed by atoms with Gasteiger partial charge in [-0.05, 0) is 37.6 Å². The third-order valence-corrected chi connectivity index (χ3v) is 4.17. The van der Waals surface area contributed by atoms with Gasteiger partial charge in [0.25, 0.3) is 0 Å². The van der Waals surface area contributed by atoms with Crippen molar-refractivity contribution >= 4 is 22.6 Å². The largest absolute Gasteiger partial charge is 0.303 e. The van der Waals surface area contributed by atoms with Crippen LogP contribution in [0.2, 0.25) is 0 Å². The number of halogens is 1. The molecule has 0 saturated carbocycles. The van der Waals surface area contributed by atoms with Crippen LogP contribution in [0.5, 0.6) is 0 Å². The lowest BCUT2D eigenvalue weighted by Crippen LogP contribution is -2.26. The molecule has 0 saturated heterocycles. The molecule has 1 aromatic rings. The van der Waals surface area contributed by atoms with Gasteiger partial charge in [-0.2, -0.15) is 0 Å². The van der Waals surface area contributed by atoms with E-state index in [0.29, 0.717) is 0 Å². The highest BCUT2D eigenvalue weighted by atomic mass is 127. The number of hydrogen-bond acceptors (Lipinski definition) is 1. The van der Waals surface area contributed by atoms with Crippen LogP contribution in [0.25, 0.3) is 0 Å². The number of hydrogen-bond donors (Lipinski definition) is 0. The maximum atomic E-state index is 2.58. The Kier molecular flexibility index (Phi) is 4.25. The van der Waals surface area contributed by atoms with Gasteiger partial charge in [0.15, 0.2) is 0 Å². The lowest BCUT2D eigenvalue weighted by atomic mass is 10.2. The van der Waals surface area contributed by atoms with Gasteiger partial charge >= 0.3 is 0 Å². The molecule has 0 heterocycles. The van der Waals surface area contributed by atoms with Gasteiger partial charge in [-0.3, -0.25) is 0 Å². The van der Waals surface area contributed by atoms with Crippen molar-refractivity contribution < 1.29 is 0 Å². The first kappa shape index (κ1) is 12.4. The van der Waals surface area contributed by atoms with E-state index in [0.717, 1.165) is 5.92 Å². The number of alkyl halides is 1. The zero-order valence-electron chi connectivity index (χ0n) is 10.2. The summed E-state index contributed by atoms with van der Waals surface area (Å²) in [5, 5.41) is 0. The Morgan fingerprint density at radius 2 is 2.12 bits per heavy atom. The van der Waals surface area contributed by atoms with E-state index in [2.05, 4.69) is 59.5 Å². The first-order valence-corrected chi connectivity index (χ1v) is 7.67. The third-order valence-electron chi connectivity index (χ3n) is 3.41. The van der Waals surface area contributed by atoms with Gasteiger partial charge in [0.05, 0.1) is 0 Å². The topological polar surface area (TPSA) is 3.24 Å². The lowest BCUT2D eigenvalue weighted by Gasteiger charge is -2.19. The van der Waals surface area contributed by atoms with Gasteiger partial charge in [0.2, 0.25) is 0 Å². The monoisotopic (exact) mass is 329 g/mol. The minimum absolute atomic E-state index is 0.739. The fraction of sp³-hybridized carbons (Fsp3) is 0.571. The molecule has 0 amide bonds. The summed E-state index contributed by atoms with van der Waals surface area (Å²) >= 11 is 2.46. The molecule has 0 fully saturated rings. The number of benzene rings is 1. The van der Waals surface area contributed by atoms with Crippen LogP contribution in [0, 0.1) is 6.92 Å². The Labute approximate surface area is 112 Å². The van der Waals surface area contributed by atoms with Crippen molar-refractivity contribution in [1.29, 1.82) is 0 Å². The van der Waals surface area contributed by atoms with Crippen LogP contribution in [0.1, 0.15) is 36.0 Å². The molecule has 0 N–H and O–H groups in total. The molecule has 88 valence electrons. The van der Waals surface area contributed by atoms with Gasteiger partial charge in [-0.25, -0.2) is 0 Å². The Morgan fingerprint density at radius 1 is 1.31 bits per heavy atom. The summed E-state index contributed by atoms with van der Waals surface area (Å²) in [5.41, 5.74) is 4.57. The third kappa shape index (κ3) is 2.77. The molecule has 1 nitrogen and oxygen atoms in total. The maximum Gasteiger partial charge on any atom is 0.0223 e. The van der Waals surface area contributed by atoms with Gasteiger partial charge in [0.1, 0.15) is 0 Å². The second kappa shape index (κ2) is 5.50. The highest BCUT2D eigenvalue weighted by Gasteiger charge is 2.32. The number of fused-ring (bicyclic) bond motifs is 1. The van der Waals surface area contributed by atoms with Gasteiger partial charge in [-0.15, -0.1) is 0 Å². The standard InChI is InChI=1S/C14H20IN/c1-3-16(8-4-7-15)10-14-12-6-5-11(2)9-13(12)14/h5-6,9,14H,3-4,7-8,10H2,1-2H3/t14-/m0/s1. The van der Waals surface area contributed by atoms with Crippen LogP contribution >= 0.6 is 22.6 Å². The lowest BCUT2D eigenvalue weighted by molar-refractivity contribution is 0.291. The minimum Gasteiger partial charge on any atom is -0.303 e. The molecular formula is C14H20IN. The van der Waals surface area contributed by atoms with E-state index in [1.165, 1.54) is 36.0 Å². The van der Waals surface area contributed by atoms with Crippen LogP contribution in [-0.4, -0.2) is 29.0 Å². The highest BCUT2D eigenvalue weighted by Crippen LogP contribution is 2.44. The zero-order chi connectivity index (χ0) is 11.5. The number of rotatable bonds is 6. The first-order chi connectivity index (χ1) is 7.76. The van der Waals surface area contributed by atoms with Crippen molar-refractivity contribution in [2.24, 2.45) is 0 Å². The molecule has 0 radical (unpaired) electrons. The van der Waals surface area contributed by atoms with Crippen LogP contribution < -0.4 is 0 Å². The van der Waals surface area contributed by atoms with Crippen molar-refractivity contribution in [3.63, 3.8) is 0 Å². The molecule has 1 aromatic carbocycles. The SMILES string of the molecule is CCN(CCCI)C[C@H]1c2ccc(C)cc21. The van der Waals surface area contributed by atoms with Gasteiger partial charge in [0, 0.05) is 16.9 Å². The van der Waals surface area contributed by atoms with Crippen molar-refractivity contribution in [3.8, 4) is 0 Å². The summed E-state index contributed by atoms with van der Waals surface area (Å²) in [6.07, 6.45) is 1.32. The molecule has 2 heteroatoms. The van der Waals surface area contributed by atoms with E-state index in [-0.39, 0.29) is 0 Å². The number of aryl methyl sites for hydroxylation is 1. The molecule has 1 aliphatic carbocycles. The van der Waals surface area contributed by atoms with Crippen molar-refractivity contribution in [3.05, 3.63) is 34.9 Å². The normalized spacial score (nSPS) is 17.6. The summed E-state index contributed by atoms with van der Waals surface area (Å²) in [4.78, 5) is 2.58. The Hall–Kier alpha value is -0.0900. The van der Waals surface area contributed by atoms with E-state index < -0.39 is 0 Å². The van der Waals surface area contributed by atoms with Gasteiger partial charge < -0.3 is 4.90 Å². The summed E-state index contributed by atoms with van der Waals surface area (Å²) in [7, 11) is 0. The number of likely N-dealkylation sites (N-methyl/N-ethyl adjacent to an activating group) is 1. The molecule has 2 rings (SSSR count). The summed E-state index contributed by atoms with van der Waals surface area (Å²) < 4.78 is 1.27. The quantitative estimate of drug-likeness (QED) is 0.569. The number of nitrogens with zero attached hydrogens (tertiary/aromatic N) is 1. The van der Waals surface area contributed by atoms with Crippen LogP contribution in [0.3, 0.4) is 0 Å². The van der Waals surface area contributed by atoms with E-state index in [1.807, 2.05) is 0 Å². The van der Waals surface area contributed by atoms with Crippen molar-refractivity contribution in [2.75, 3.05) is 24.1 Å². The van der Waals surface area contributed by atoms with Crippen LogP contribution in [-0.2, 0) is 0 Å². The molecule has 1 atom stereocenters. The van der Waals surface area contributed by atoms with E-state index in [1.54, 1.807) is 11.1 Å². The molecular weight excluding hydrogens is 309 g/mol. The second-order valence-corrected chi connectivity index (χ2v) is 5.70. The van der Waals surface area contributed by atoms with E-state index in [9.17, 15) is 0 Å². The molecule has 0 spiro atoms. The van der Waals surface area contributed by atoms with Gasteiger partial charge in [-0.1, -0.05) is 53.3 Å². The Morgan fingerprint density at radius 3 is 2.75 bits per heavy atom.